The molecular formula is C10H16N10O5S2. The van der Waals surface area contributed by atoms with Gasteiger partial charge in [-0.3, -0.25) is 19.3 Å². The standard InChI is InChI=1S/C3H4N2O2.C3H4N2OS.C2H4N4.C2H4N2O2S/c2*1-2-4-3(6)7-5-2;1-2-3-5-6-4-2;1-2-3-6-7(5)4-2/h2*1H3,(H,4,5,6);1H3,(H,3,4,5,6);1H3,(H,3,4). The minimum Gasteiger partial charge on any atom is -0.300 e. The number of hydrogen-bond acceptors (Lipinski definition) is 12. The summed E-state index contributed by atoms with van der Waals surface area (Å²) >= 11 is -0.533. The van der Waals surface area contributed by atoms with Crippen LogP contribution in [0.5, 0.6) is 0 Å². The van der Waals surface area contributed by atoms with Crippen LogP contribution in [0.25, 0.3) is 0 Å². The molecule has 4 heterocycles. The second-order valence-electron chi connectivity index (χ2n) is 4.40. The fourth-order valence-corrected chi connectivity index (χ4v) is 2.01. The quantitative estimate of drug-likeness (QED) is 0.340. The molecule has 17 heteroatoms. The molecule has 0 bridgehead atoms. The number of aryl methyl sites for hydroxylation is 3. The molecule has 4 N–H and O–H groups in total. The zero-order chi connectivity index (χ0) is 20.2. The second kappa shape index (κ2) is 11.5. The number of nitrogens with one attached hydrogen (secondary N) is 4. The third kappa shape index (κ3) is 10.5. The van der Waals surface area contributed by atoms with E-state index in [-0.39, 0.29) is 4.87 Å². The maximum Gasteiger partial charge on any atom is 0.438 e. The highest BCUT2D eigenvalue weighted by atomic mass is 32.2. The van der Waals surface area contributed by atoms with E-state index in [9.17, 15) is 13.8 Å². The topological polar surface area (TPSA) is 210 Å². The molecule has 15 nitrogen and oxygen atoms in total. The molecule has 0 radical (unpaired) electrons. The number of aromatic amines is 3. The van der Waals surface area contributed by atoms with E-state index >= 15 is 0 Å². The number of tetrazole rings is 1. The number of rotatable bonds is 0. The van der Waals surface area contributed by atoms with E-state index in [4.69, 9.17) is 0 Å². The van der Waals surface area contributed by atoms with Crippen molar-refractivity contribution in [2.45, 2.75) is 27.7 Å². The Morgan fingerprint density at radius 2 is 1.81 bits per heavy atom. The normalized spacial score (nSPS) is 14.4. The minimum absolute atomic E-state index is 0.0856. The molecule has 1 atom stereocenters. The highest BCUT2D eigenvalue weighted by Crippen LogP contribution is 1.92. The van der Waals surface area contributed by atoms with Gasteiger partial charge in [0, 0.05) is 11.5 Å². The predicted molar refractivity (Wildman–Crippen MR) is 93.7 cm³/mol. The van der Waals surface area contributed by atoms with Gasteiger partial charge in [-0.1, -0.05) is 10.4 Å². The second-order valence-corrected chi connectivity index (χ2v) is 5.92. The zero-order valence-electron chi connectivity index (χ0n) is 14.5. The lowest BCUT2D eigenvalue weighted by Gasteiger charge is -1.83. The molecule has 0 saturated heterocycles. The Morgan fingerprint density at radius 3 is 1.96 bits per heavy atom. The number of hydroxylamine groups is 1. The van der Waals surface area contributed by atoms with Gasteiger partial charge in [0.15, 0.2) is 5.82 Å². The maximum atomic E-state index is 10.2. The molecule has 3 aromatic heterocycles. The summed E-state index contributed by atoms with van der Waals surface area (Å²) < 4.78 is 25.6. The van der Waals surface area contributed by atoms with Crippen molar-refractivity contribution in [1.82, 2.24) is 45.6 Å². The van der Waals surface area contributed by atoms with Gasteiger partial charge in [-0.2, -0.15) is 13.9 Å². The summed E-state index contributed by atoms with van der Waals surface area (Å²) in [6.45, 7) is 6.83. The van der Waals surface area contributed by atoms with Gasteiger partial charge in [0.05, 0.1) is 0 Å². The van der Waals surface area contributed by atoms with E-state index in [1.54, 1.807) is 27.7 Å². The van der Waals surface area contributed by atoms with Gasteiger partial charge in [0.25, 0.3) is 0 Å². The van der Waals surface area contributed by atoms with Crippen molar-refractivity contribution >= 4 is 28.6 Å². The summed E-state index contributed by atoms with van der Waals surface area (Å²) in [4.78, 5) is 24.9. The SMILES string of the molecule is CC1=NS(=O)ON1.Cc1nn[nH]n1.Cc1noc(=O)[nH]1.Cc1nsc(=O)[nH]1. The average Bonchev–Trinajstić information content (AvgIpc) is 3.37. The summed E-state index contributed by atoms with van der Waals surface area (Å²) in [6, 6.07) is 0. The Kier molecular flexibility index (Phi) is 9.40. The first-order chi connectivity index (χ1) is 12.8. The highest BCUT2D eigenvalue weighted by molar-refractivity contribution is 7.79. The van der Waals surface area contributed by atoms with E-state index < -0.39 is 17.0 Å². The van der Waals surface area contributed by atoms with Crippen molar-refractivity contribution in [1.29, 1.82) is 0 Å². The molecule has 27 heavy (non-hydrogen) atoms. The van der Waals surface area contributed by atoms with Crippen molar-refractivity contribution < 1.29 is 13.0 Å². The Morgan fingerprint density at radius 1 is 1.07 bits per heavy atom. The lowest BCUT2D eigenvalue weighted by atomic mass is 10.7. The summed E-state index contributed by atoms with van der Waals surface area (Å²) in [6.07, 6.45) is 0. The molecule has 0 amide bonds. The van der Waals surface area contributed by atoms with Crippen molar-refractivity contribution in [3.63, 3.8) is 0 Å². The minimum atomic E-state index is -1.48. The molecule has 1 aliphatic heterocycles. The lowest BCUT2D eigenvalue weighted by Crippen LogP contribution is -2.11. The van der Waals surface area contributed by atoms with Gasteiger partial charge in [0.1, 0.15) is 17.5 Å². The summed E-state index contributed by atoms with van der Waals surface area (Å²) in [7, 11) is 0. The van der Waals surface area contributed by atoms with Gasteiger partial charge >= 0.3 is 21.9 Å². The maximum absolute atomic E-state index is 10.2. The first kappa shape index (κ1) is 22.0. The van der Waals surface area contributed by atoms with Crippen LogP contribution in [0.1, 0.15) is 24.4 Å². The predicted octanol–water partition coefficient (Wildman–Crippen LogP) is -1.16. The van der Waals surface area contributed by atoms with Crippen molar-refractivity contribution in [3.05, 3.63) is 37.7 Å². The molecule has 0 aliphatic carbocycles. The first-order valence-corrected chi connectivity index (χ1v) is 8.72. The van der Waals surface area contributed by atoms with Crippen LogP contribution in [0.2, 0.25) is 0 Å². The smallest absolute Gasteiger partial charge is 0.300 e. The molecule has 3 aromatic rings. The molecule has 148 valence electrons. The van der Waals surface area contributed by atoms with Crippen molar-refractivity contribution in [2.75, 3.05) is 0 Å². The fraction of sp³-hybridized carbons (Fsp3) is 0.400. The molecule has 0 fully saturated rings. The Bertz CT molecular complexity index is 909. The number of amidine groups is 1. The van der Waals surface area contributed by atoms with Crippen molar-refractivity contribution in [2.24, 2.45) is 4.40 Å². The van der Waals surface area contributed by atoms with Crippen LogP contribution < -0.4 is 16.1 Å². The molecular weight excluding hydrogens is 404 g/mol. The van der Waals surface area contributed by atoms with E-state index in [1.807, 2.05) is 0 Å². The number of H-pyrrole nitrogens is 3. The Hall–Kier alpha value is -3.05. The van der Waals surface area contributed by atoms with Crippen LogP contribution in [0.15, 0.2) is 18.5 Å². The monoisotopic (exact) mass is 420 g/mol. The van der Waals surface area contributed by atoms with Gasteiger partial charge in [0.2, 0.25) is 0 Å². The third-order valence-electron chi connectivity index (χ3n) is 2.02. The van der Waals surface area contributed by atoms with E-state index in [0.717, 1.165) is 11.5 Å². The highest BCUT2D eigenvalue weighted by Gasteiger charge is 2.05. The largest absolute Gasteiger partial charge is 0.438 e. The van der Waals surface area contributed by atoms with Gasteiger partial charge in [-0.25, -0.2) is 14.5 Å². The van der Waals surface area contributed by atoms with E-state index in [1.165, 1.54) is 0 Å². The van der Waals surface area contributed by atoms with Crippen LogP contribution in [0, 0.1) is 20.8 Å². The van der Waals surface area contributed by atoms with E-state index in [0.29, 0.717) is 23.3 Å². The van der Waals surface area contributed by atoms with Crippen LogP contribution in [-0.4, -0.2) is 50.2 Å². The Labute approximate surface area is 157 Å². The van der Waals surface area contributed by atoms with Gasteiger partial charge < -0.3 is 0 Å². The number of nitrogens with zero attached hydrogens (tertiary/aromatic N) is 6. The third-order valence-corrected chi connectivity index (χ3v) is 3.30. The fourth-order valence-electron chi connectivity index (χ4n) is 1.06. The summed E-state index contributed by atoms with van der Waals surface area (Å²) in [5.41, 5.74) is 2.32. The van der Waals surface area contributed by atoms with Crippen LogP contribution >= 0.6 is 11.5 Å². The molecule has 0 saturated carbocycles. The van der Waals surface area contributed by atoms with Crippen LogP contribution in [0.4, 0.5) is 0 Å². The van der Waals surface area contributed by atoms with Crippen LogP contribution in [0.3, 0.4) is 0 Å². The molecule has 1 aliphatic rings. The molecule has 0 aromatic carbocycles. The summed E-state index contributed by atoms with van der Waals surface area (Å²) in [5, 5.41) is 16.0. The van der Waals surface area contributed by atoms with Crippen molar-refractivity contribution in [3.8, 4) is 0 Å². The van der Waals surface area contributed by atoms with Gasteiger partial charge in [-0.15, -0.1) is 14.6 Å². The average molecular weight is 420 g/mol. The molecule has 1 unspecified atom stereocenters. The lowest BCUT2D eigenvalue weighted by molar-refractivity contribution is 0.304. The molecule has 0 spiro atoms. The number of aromatic nitrogens is 8. The van der Waals surface area contributed by atoms with E-state index in [2.05, 4.69) is 58.8 Å². The van der Waals surface area contributed by atoms with Crippen LogP contribution in [-0.2, 0) is 15.6 Å². The zero-order valence-corrected chi connectivity index (χ0v) is 16.2. The molecule has 4 rings (SSSR count). The Balaban J connectivity index is 0.000000180. The number of hydrogen-bond donors (Lipinski definition) is 4. The van der Waals surface area contributed by atoms with Gasteiger partial charge in [-0.05, 0) is 27.7 Å². The summed E-state index contributed by atoms with van der Waals surface area (Å²) in [5.74, 6) is 1.92. The first-order valence-electron chi connectivity index (χ1n) is 6.92.